The van der Waals surface area contributed by atoms with Gasteiger partial charge in [0.25, 0.3) is 5.91 Å². The van der Waals surface area contributed by atoms with Crippen LogP contribution in [0, 0.1) is 11.2 Å². The van der Waals surface area contributed by atoms with E-state index in [4.69, 9.17) is 9.47 Å². The Labute approximate surface area is 276 Å². The molecule has 1 aromatic heterocycles. The molecule has 0 radical (unpaired) electrons. The van der Waals surface area contributed by atoms with Crippen molar-refractivity contribution < 1.29 is 28.2 Å². The average Bonchev–Trinajstić information content (AvgIpc) is 3.66. The lowest BCUT2D eigenvalue weighted by Gasteiger charge is -2.37. The molecule has 4 unspecified atom stereocenters. The minimum Gasteiger partial charge on any atom is -0.497 e. The van der Waals surface area contributed by atoms with Gasteiger partial charge in [0.05, 0.1) is 32.1 Å². The summed E-state index contributed by atoms with van der Waals surface area (Å²) in [5, 5.41) is 5.90. The zero-order chi connectivity index (χ0) is 34.3. The van der Waals surface area contributed by atoms with E-state index in [0.717, 1.165) is 5.56 Å². The highest BCUT2D eigenvalue weighted by Gasteiger charge is 2.44. The summed E-state index contributed by atoms with van der Waals surface area (Å²) < 4.78 is 26.9. The number of hydrogen-bond acceptors (Lipinski definition) is 7. The molecule has 1 fully saturated rings. The molecule has 12 heteroatoms. The number of nitrogens with zero attached hydrogens (tertiary/aromatic N) is 4. The summed E-state index contributed by atoms with van der Waals surface area (Å²) in [4.78, 5) is 49.0. The van der Waals surface area contributed by atoms with Crippen LogP contribution >= 0.6 is 0 Å². The van der Waals surface area contributed by atoms with Crippen LogP contribution in [-0.4, -0.2) is 95.1 Å². The van der Waals surface area contributed by atoms with E-state index in [9.17, 15) is 18.8 Å². The van der Waals surface area contributed by atoms with Crippen LogP contribution in [0.15, 0.2) is 61.1 Å². The SMILES string of the molecule is CNC(C)C(=O)NC(C(=O)N1CC(Oc2ccc(OC)cc2)CC1CN(CCc1ccc(F)cc1)C(=O)c1cn(C)cn1)C(C)(C)C. The number of carbonyl (C=O) groups excluding carboxylic acids is 3. The first kappa shape index (κ1) is 35.4. The predicted octanol–water partition coefficient (Wildman–Crippen LogP) is 3.44. The molecule has 2 N–H and O–H groups in total. The van der Waals surface area contributed by atoms with Crippen LogP contribution in [0.3, 0.4) is 0 Å². The minimum atomic E-state index is -0.827. The monoisotopic (exact) mass is 650 g/mol. The molecule has 1 aliphatic rings. The Morgan fingerprint density at radius 1 is 1.09 bits per heavy atom. The Balaban J connectivity index is 1.64. The maximum Gasteiger partial charge on any atom is 0.274 e. The third-order valence-corrected chi connectivity index (χ3v) is 8.47. The van der Waals surface area contributed by atoms with Gasteiger partial charge in [-0.15, -0.1) is 0 Å². The molecule has 254 valence electrons. The van der Waals surface area contributed by atoms with Gasteiger partial charge in [0.2, 0.25) is 11.8 Å². The largest absolute Gasteiger partial charge is 0.497 e. The average molecular weight is 651 g/mol. The number of likely N-dealkylation sites (N-methyl/N-ethyl adjacent to an activating group) is 1. The number of rotatable bonds is 13. The van der Waals surface area contributed by atoms with Crippen molar-refractivity contribution in [2.45, 2.75) is 64.8 Å². The molecule has 1 aliphatic heterocycles. The Morgan fingerprint density at radius 2 is 1.74 bits per heavy atom. The molecular formula is C35H47FN6O5. The lowest BCUT2D eigenvalue weighted by atomic mass is 9.85. The van der Waals surface area contributed by atoms with Crippen molar-refractivity contribution in [2.75, 3.05) is 33.8 Å². The molecular weight excluding hydrogens is 603 g/mol. The van der Waals surface area contributed by atoms with Crippen molar-refractivity contribution in [1.82, 2.24) is 30.0 Å². The first-order chi connectivity index (χ1) is 22.3. The van der Waals surface area contributed by atoms with Crippen molar-refractivity contribution in [2.24, 2.45) is 12.5 Å². The second kappa shape index (κ2) is 15.4. The summed E-state index contributed by atoms with van der Waals surface area (Å²) in [7, 11) is 5.08. The number of amides is 3. The first-order valence-corrected chi connectivity index (χ1v) is 15.9. The van der Waals surface area contributed by atoms with E-state index in [2.05, 4.69) is 15.6 Å². The Hall–Kier alpha value is -4.45. The van der Waals surface area contributed by atoms with Gasteiger partial charge in [0.15, 0.2) is 0 Å². The molecule has 11 nitrogen and oxygen atoms in total. The Kier molecular flexibility index (Phi) is 11.6. The van der Waals surface area contributed by atoms with Crippen molar-refractivity contribution in [3.63, 3.8) is 0 Å². The van der Waals surface area contributed by atoms with Gasteiger partial charge in [-0.2, -0.15) is 0 Å². The quantitative estimate of drug-likeness (QED) is 0.291. The van der Waals surface area contributed by atoms with Crippen molar-refractivity contribution in [1.29, 1.82) is 0 Å². The van der Waals surface area contributed by atoms with E-state index < -0.39 is 23.5 Å². The number of nitrogens with one attached hydrogen (secondary N) is 2. The second-order valence-corrected chi connectivity index (χ2v) is 13.2. The van der Waals surface area contributed by atoms with Crippen LogP contribution in [0.5, 0.6) is 11.5 Å². The normalized spacial score (nSPS) is 17.6. The molecule has 2 heterocycles. The Bertz CT molecular complexity index is 1500. The molecule has 4 atom stereocenters. The fourth-order valence-corrected chi connectivity index (χ4v) is 5.59. The molecule has 3 aromatic rings. The van der Waals surface area contributed by atoms with E-state index >= 15 is 0 Å². The zero-order valence-electron chi connectivity index (χ0n) is 28.3. The number of aryl methyl sites for hydroxylation is 1. The van der Waals surface area contributed by atoms with Gasteiger partial charge in [-0.05, 0) is 67.8 Å². The van der Waals surface area contributed by atoms with E-state index in [1.54, 1.807) is 67.2 Å². The highest BCUT2D eigenvalue weighted by atomic mass is 19.1. The fourth-order valence-electron chi connectivity index (χ4n) is 5.59. The third kappa shape index (κ3) is 9.31. The lowest BCUT2D eigenvalue weighted by molar-refractivity contribution is -0.141. The number of carbonyl (C=O) groups is 3. The molecule has 0 aliphatic carbocycles. The summed E-state index contributed by atoms with van der Waals surface area (Å²) in [6.45, 7) is 8.27. The van der Waals surface area contributed by atoms with Crippen LogP contribution in [0.2, 0.25) is 0 Å². The Morgan fingerprint density at radius 3 is 2.32 bits per heavy atom. The maximum atomic E-state index is 14.4. The smallest absolute Gasteiger partial charge is 0.274 e. The van der Waals surface area contributed by atoms with Gasteiger partial charge in [-0.3, -0.25) is 14.4 Å². The molecule has 47 heavy (non-hydrogen) atoms. The van der Waals surface area contributed by atoms with Gasteiger partial charge in [0, 0.05) is 32.8 Å². The van der Waals surface area contributed by atoms with E-state index in [-0.39, 0.29) is 48.4 Å². The van der Waals surface area contributed by atoms with Crippen LogP contribution in [-0.2, 0) is 23.1 Å². The summed E-state index contributed by atoms with van der Waals surface area (Å²) in [5.41, 5.74) is 0.556. The van der Waals surface area contributed by atoms with Gasteiger partial charge in [-0.25, -0.2) is 9.37 Å². The first-order valence-electron chi connectivity index (χ1n) is 15.9. The van der Waals surface area contributed by atoms with Crippen LogP contribution in [0.25, 0.3) is 0 Å². The van der Waals surface area contributed by atoms with Crippen molar-refractivity contribution in [3.8, 4) is 11.5 Å². The van der Waals surface area contributed by atoms with Gasteiger partial charge < -0.3 is 34.5 Å². The maximum absolute atomic E-state index is 14.4. The van der Waals surface area contributed by atoms with E-state index in [1.165, 1.54) is 12.1 Å². The fraction of sp³-hybridized carbons (Fsp3) is 0.486. The molecule has 3 amide bonds. The molecule has 0 saturated carbocycles. The molecule has 0 spiro atoms. The van der Waals surface area contributed by atoms with Crippen molar-refractivity contribution in [3.05, 3.63) is 78.1 Å². The third-order valence-electron chi connectivity index (χ3n) is 8.47. The topological polar surface area (TPSA) is 118 Å². The molecule has 4 rings (SSSR count). The second-order valence-electron chi connectivity index (χ2n) is 13.2. The number of methoxy groups -OCH3 is 1. The number of benzene rings is 2. The summed E-state index contributed by atoms with van der Waals surface area (Å²) in [6.07, 6.45) is 3.80. The molecule has 1 saturated heterocycles. The highest BCUT2D eigenvalue weighted by Crippen LogP contribution is 2.29. The van der Waals surface area contributed by atoms with Crippen LogP contribution in [0.1, 0.15) is 50.2 Å². The van der Waals surface area contributed by atoms with Gasteiger partial charge in [0.1, 0.15) is 35.2 Å². The minimum absolute atomic E-state index is 0.211. The molecule has 2 aromatic carbocycles. The van der Waals surface area contributed by atoms with E-state index in [0.29, 0.717) is 30.9 Å². The standard InChI is InChI=1S/C35H47FN6O5/c1-23(37-5)32(43)39-31(35(2,3)4)34(45)42-20-29(47-28-14-12-27(46-7)13-15-28)18-26(42)19-41(33(44)30-21-40(6)22-38-30)17-16-24-8-10-25(36)11-9-24/h8-15,21-23,26,29,31,37H,16-20H2,1-7H3,(H,39,43). The predicted molar refractivity (Wildman–Crippen MR) is 177 cm³/mol. The number of hydrogen-bond donors (Lipinski definition) is 2. The summed E-state index contributed by atoms with van der Waals surface area (Å²) in [6, 6.07) is 11.7. The van der Waals surface area contributed by atoms with Crippen LogP contribution < -0.4 is 20.1 Å². The van der Waals surface area contributed by atoms with Crippen molar-refractivity contribution >= 4 is 17.7 Å². The summed E-state index contributed by atoms with van der Waals surface area (Å²) >= 11 is 0. The van der Waals surface area contributed by atoms with Gasteiger partial charge in [-0.1, -0.05) is 32.9 Å². The van der Waals surface area contributed by atoms with Crippen LogP contribution in [0.4, 0.5) is 4.39 Å². The number of ether oxygens (including phenoxy) is 2. The lowest BCUT2D eigenvalue weighted by Crippen LogP contribution is -2.59. The van der Waals surface area contributed by atoms with E-state index in [1.807, 2.05) is 45.0 Å². The summed E-state index contributed by atoms with van der Waals surface area (Å²) in [5.74, 6) is 0.191. The number of likely N-dealkylation sites (tertiary alicyclic amines) is 1. The zero-order valence-corrected chi connectivity index (χ0v) is 28.3. The number of aromatic nitrogens is 2. The van der Waals surface area contributed by atoms with Gasteiger partial charge >= 0.3 is 0 Å². The molecule has 0 bridgehead atoms. The number of imidazole rings is 1. The highest BCUT2D eigenvalue weighted by molar-refractivity contribution is 5.92. The number of halogens is 1.